The van der Waals surface area contributed by atoms with Crippen molar-refractivity contribution in [3.8, 4) is 5.69 Å². The van der Waals surface area contributed by atoms with E-state index in [1.165, 1.54) is 48.1 Å². The lowest BCUT2D eigenvalue weighted by Gasteiger charge is -2.24. The molecule has 0 unspecified atom stereocenters. The Morgan fingerprint density at radius 1 is 0.319 bits per heavy atom. The highest BCUT2D eigenvalue weighted by atomic mass is 32.4. The van der Waals surface area contributed by atoms with Crippen LogP contribution in [-0.4, -0.2) is 4.57 Å². The van der Waals surface area contributed by atoms with E-state index in [1.54, 1.807) is 0 Å². The van der Waals surface area contributed by atoms with E-state index >= 15 is 0 Å². The van der Waals surface area contributed by atoms with Gasteiger partial charge in [-0.3, -0.25) is 0 Å². The molecule has 5 heteroatoms. The largest absolute Gasteiger partial charge is 0.309 e. The van der Waals surface area contributed by atoms with Gasteiger partial charge in [0.05, 0.1) is 11.0 Å². The molecule has 0 N–H and O–H groups in total. The summed E-state index contributed by atoms with van der Waals surface area (Å²) in [6, 6.07) is 62.5. The highest BCUT2D eigenvalue weighted by Gasteiger charge is 2.27. The molecule has 0 radical (unpaired) electrons. The molecule has 1 aromatic heterocycles. The molecule has 0 spiro atoms. The standard InChI is InChI=1S/C42H31NP2S2/c46-44(33-15-5-1-6-16-33,34-17-7-2-8-18-34)37-27-25-32(26-28-37)43-41-24-14-13-23-39(41)40-31-38(29-30-42(40)43)45(47,35-19-9-3-10-20-35)36-21-11-4-12-22-36/h1-31H. The number of nitrogens with zero attached hydrogens (tertiary/aromatic N) is 1. The summed E-state index contributed by atoms with van der Waals surface area (Å²) in [6.07, 6.45) is 0. The van der Waals surface area contributed by atoms with Crippen molar-refractivity contribution in [3.05, 3.63) is 188 Å². The molecule has 0 aliphatic heterocycles. The van der Waals surface area contributed by atoms with Gasteiger partial charge in [-0.05, 0) is 62.2 Å². The summed E-state index contributed by atoms with van der Waals surface area (Å²) in [4.78, 5) is 0. The van der Waals surface area contributed by atoms with Crippen molar-refractivity contribution in [1.29, 1.82) is 0 Å². The number of benzene rings is 7. The number of fused-ring (bicyclic) bond motifs is 3. The monoisotopic (exact) mass is 675 g/mol. The van der Waals surface area contributed by atoms with E-state index < -0.39 is 12.1 Å². The van der Waals surface area contributed by atoms with Gasteiger partial charge in [0.2, 0.25) is 0 Å². The maximum atomic E-state index is 6.71. The predicted octanol–water partition coefficient (Wildman–Crippen LogP) is 8.30. The molecule has 0 saturated heterocycles. The lowest BCUT2D eigenvalue weighted by atomic mass is 10.1. The van der Waals surface area contributed by atoms with Gasteiger partial charge < -0.3 is 4.57 Å². The van der Waals surface area contributed by atoms with E-state index in [0.29, 0.717) is 0 Å². The summed E-state index contributed by atoms with van der Waals surface area (Å²) in [6.45, 7) is 0. The Hall–Kier alpha value is -4.36. The summed E-state index contributed by atoms with van der Waals surface area (Å²) in [5.74, 6) is 0. The molecule has 226 valence electrons. The average Bonchev–Trinajstić information content (AvgIpc) is 3.49. The number of rotatable bonds is 7. The Balaban J connectivity index is 1.30. The Morgan fingerprint density at radius 2 is 0.681 bits per heavy atom. The summed E-state index contributed by atoms with van der Waals surface area (Å²) >= 11 is 13.3. The van der Waals surface area contributed by atoms with Gasteiger partial charge in [-0.15, -0.1) is 0 Å². The van der Waals surface area contributed by atoms with Crippen LogP contribution in [0.2, 0.25) is 0 Å². The molecule has 1 heterocycles. The topological polar surface area (TPSA) is 4.93 Å². The maximum absolute atomic E-state index is 6.71. The fraction of sp³-hybridized carbons (Fsp3) is 0. The lowest BCUT2D eigenvalue weighted by Crippen LogP contribution is -2.24. The minimum Gasteiger partial charge on any atom is -0.309 e. The molecular weight excluding hydrogens is 645 g/mol. The first-order valence-electron chi connectivity index (χ1n) is 15.7. The SMILES string of the molecule is S=P(c1ccccc1)(c1ccccc1)c1ccc(-n2c3ccccc3c3cc(P(=S)(c4ccccc4)c4ccccc4)ccc32)cc1. The zero-order valence-electron chi connectivity index (χ0n) is 25.6. The Labute approximate surface area is 286 Å². The first kappa shape index (κ1) is 30.0. The minimum atomic E-state index is -2.29. The zero-order chi connectivity index (χ0) is 31.8. The van der Waals surface area contributed by atoms with Crippen LogP contribution in [0.4, 0.5) is 0 Å². The molecule has 0 aliphatic rings. The highest BCUT2D eigenvalue weighted by molar-refractivity contribution is 8.26. The Kier molecular flexibility index (Phi) is 7.88. The first-order chi connectivity index (χ1) is 23.1. The number of para-hydroxylation sites is 1. The van der Waals surface area contributed by atoms with Gasteiger partial charge in [0.15, 0.2) is 0 Å². The van der Waals surface area contributed by atoms with Crippen molar-refractivity contribution >= 4 is 89.3 Å². The van der Waals surface area contributed by atoms with Crippen LogP contribution in [0.5, 0.6) is 0 Å². The second-order valence-electron chi connectivity index (χ2n) is 11.6. The van der Waals surface area contributed by atoms with Crippen molar-refractivity contribution in [3.63, 3.8) is 0 Å². The molecule has 0 bridgehead atoms. The second-order valence-corrected chi connectivity index (χ2v) is 20.5. The van der Waals surface area contributed by atoms with Gasteiger partial charge >= 0.3 is 0 Å². The van der Waals surface area contributed by atoms with Crippen LogP contribution in [0.25, 0.3) is 27.5 Å². The molecule has 0 aliphatic carbocycles. The van der Waals surface area contributed by atoms with Gasteiger partial charge in [-0.1, -0.05) is 181 Å². The minimum absolute atomic E-state index is 1.11. The van der Waals surface area contributed by atoms with Crippen LogP contribution in [-0.2, 0) is 23.6 Å². The molecule has 47 heavy (non-hydrogen) atoms. The van der Waals surface area contributed by atoms with Gasteiger partial charge in [0.1, 0.15) is 0 Å². The van der Waals surface area contributed by atoms with Gasteiger partial charge in [0, 0.05) is 28.5 Å². The molecule has 0 atom stereocenters. The van der Waals surface area contributed by atoms with E-state index in [0.717, 1.165) is 11.2 Å². The Morgan fingerprint density at radius 3 is 1.17 bits per heavy atom. The quantitative estimate of drug-likeness (QED) is 0.157. The van der Waals surface area contributed by atoms with Crippen LogP contribution in [0.3, 0.4) is 0 Å². The summed E-state index contributed by atoms with van der Waals surface area (Å²) in [5, 5.41) is 9.61. The van der Waals surface area contributed by atoms with Gasteiger partial charge in [-0.25, -0.2) is 0 Å². The molecule has 7 aromatic carbocycles. The zero-order valence-corrected chi connectivity index (χ0v) is 29.0. The molecule has 0 amide bonds. The van der Waals surface area contributed by atoms with Crippen molar-refractivity contribution in [2.75, 3.05) is 0 Å². The van der Waals surface area contributed by atoms with Crippen molar-refractivity contribution < 1.29 is 0 Å². The summed E-state index contributed by atoms with van der Waals surface area (Å²) in [5.41, 5.74) is 3.45. The van der Waals surface area contributed by atoms with E-state index in [9.17, 15) is 0 Å². The molecule has 0 fully saturated rings. The fourth-order valence-electron chi connectivity index (χ4n) is 6.69. The van der Waals surface area contributed by atoms with Crippen molar-refractivity contribution in [2.24, 2.45) is 0 Å². The van der Waals surface area contributed by atoms with E-state index in [1.807, 2.05) is 0 Å². The predicted molar refractivity (Wildman–Crippen MR) is 213 cm³/mol. The second kappa shape index (κ2) is 12.3. The van der Waals surface area contributed by atoms with E-state index in [2.05, 4.69) is 193 Å². The molecular formula is C42H31NP2S2. The van der Waals surface area contributed by atoms with Crippen LogP contribution in [0.15, 0.2) is 188 Å². The number of hydrogen-bond acceptors (Lipinski definition) is 2. The summed E-state index contributed by atoms with van der Waals surface area (Å²) in [7, 11) is 0. The summed E-state index contributed by atoms with van der Waals surface area (Å²) < 4.78 is 2.38. The highest BCUT2D eigenvalue weighted by Crippen LogP contribution is 2.45. The average molecular weight is 676 g/mol. The van der Waals surface area contributed by atoms with E-state index in [4.69, 9.17) is 23.6 Å². The third-order valence-corrected chi connectivity index (χ3v) is 18.9. The first-order valence-corrected chi connectivity index (χ1v) is 21.3. The van der Waals surface area contributed by atoms with Crippen LogP contribution >= 0.6 is 12.1 Å². The van der Waals surface area contributed by atoms with Gasteiger partial charge in [0.25, 0.3) is 0 Å². The lowest BCUT2D eigenvalue weighted by molar-refractivity contribution is 1.18. The Bertz CT molecular complexity index is 2350. The maximum Gasteiger partial charge on any atom is 0.0541 e. The van der Waals surface area contributed by atoms with Crippen molar-refractivity contribution in [2.45, 2.75) is 0 Å². The van der Waals surface area contributed by atoms with E-state index in [-0.39, 0.29) is 0 Å². The molecule has 8 aromatic rings. The van der Waals surface area contributed by atoms with Gasteiger partial charge in [-0.2, -0.15) is 0 Å². The fourth-order valence-corrected chi connectivity index (χ4v) is 14.2. The number of aromatic nitrogens is 1. The third-order valence-electron chi connectivity index (χ3n) is 8.97. The van der Waals surface area contributed by atoms with Crippen LogP contribution in [0.1, 0.15) is 0 Å². The smallest absolute Gasteiger partial charge is 0.0541 e. The number of hydrogen-bond donors (Lipinski definition) is 0. The third kappa shape index (κ3) is 5.07. The van der Waals surface area contributed by atoms with Crippen LogP contribution in [0, 0.1) is 0 Å². The molecule has 0 saturated carbocycles. The van der Waals surface area contributed by atoms with Crippen LogP contribution < -0.4 is 31.8 Å². The molecule has 8 rings (SSSR count). The normalized spacial score (nSPS) is 12.0. The van der Waals surface area contributed by atoms with Crippen molar-refractivity contribution in [1.82, 2.24) is 4.57 Å². The molecule has 1 nitrogen and oxygen atoms in total.